The number of nitrogen functional groups attached to an aromatic ring is 1. The SMILES string of the molecule is CC1(NC(=S)NC2CCc3cc(C(=O)Nc4ccccc4N)ccc32)C=CC=CC1. The fourth-order valence-electron chi connectivity index (χ4n) is 3.99. The molecule has 0 spiro atoms. The highest BCUT2D eigenvalue weighted by Gasteiger charge is 2.27. The molecule has 5 N–H and O–H groups in total. The molecule has 1 amide bonds. The molecule has 0 heterocycles. The van der Waals surface area contributed by atoms with E-state index in [0.717, 1.165) is 19.3 Å². The molecule has 30 heavy (non-hydrogen) atoms. The van der Waals surface area contributed by atoms with E-state index < -0.39 is 0 Å². The second kappa shape index (κ2) is 8.32. The summed E-state index contributed by atoms with van der Waals surface area (Å²) in [4.78, 5) is 12.7. The van der Waals surface area contributed by atoms with Crippen molar-refractivity contribution in [1.29, 1.82) is 0 Å². The molecule has 2 unspecified atom stereocenters. The van der Waals surface area contributed by atoms with E-state index in [-0.39, 0.29) is 17.5 Å². The fraction of sp³-hybridized carbons (Fsp3) is 0.250. The summed E-state index contributed by atoms with van der Waals surface area (Å²) in [5, 5.41) is 10.4. The molecule has 0 fully saturated rings. The van der Waals surface area contributed by atoms with Gasteiger partial charge in [-0.1, -0.05) is 42.5 Å². The van der Waals surface area contributed by atoms with Gasteiger partial charge in [-0.3, -0.25) is 4.79 Å². The molecule has 0 saturated heterocycles. The van der Waals surface area contributed by atoms with Gasteiger partial charge in [0.15, 0.2) is 5.11 Å². The molecule has 2 aromatic rings. The van der Waals surface area contributed by atoms with Gasteiger partial charge in [-0.05, 0) is 73.8 Å². The summed E-state index contributed by atoms with van der Waals surface area (Å²) < 4.78 is 0. The van der Waals surface area contributed by atoms with Crippen molar-refractivity contribution in [3.63, 3.8) is 0 Å². The third kappa shape index (κ3) is 4.39. The van der Waals surface area contributed by atoms with Crippen LogP contribution in [0, 0.1) is 0 Å². The van der Waals surface area contributed by atoms with E-state index in [4.69, 9.17) is 18.0 Å². The molecule has 0 saturated carbocycles. The molecule has 2 aromatic carbocycles. The zero-order chi connectivity index (χ0) is 21.1. The molecule has 2 aliphatic carbocycles. The lowest BCUT2D eigenvalue weighted by molar-refractivity contribution is 0.102. The van der Waals surface area contributed by atoms with Gasteiger partial charge in [0.05, 0.1) is 23.0 Å². The molecular formula is C24H26N4OS. The smallest absolute Gasteiger partial charge is 0.255 e. The zero-order valence-electron chi connectivity index (χ0n) is 16.9. The van der Waals surface area contributed by atoms with E-state index in [2.05, 4.69) is 35.0 Å². The number of thiocarbonyl (C=S) groups is 1. The number of carbonyl (C=O) groups is 1. The van der Waals surface area contributed by atoms with Crippen molar-refractivity contribution in [3.05, 3.63) is 83.5 Å². The maximum absolute atomic E-state index is 12.7. The molecule has 2 aliphatic rings. The van der Waals surface area contributed by atoms with Crippen LogP contribution in [0.5, 0.6) is 0 Å². The van der Waals surface area contributed by atoms with Crippen molar-refractivity contribution in [2.24, 2.45) is 0 Å². The number of rotatable bonds is 4. The number of aryl methyl sites for hydroxylation is 1. The third-order valence-corrected chi connectivity index (χ3v) is 5.87. The Kier molecular flexibility index (Phi) is 5.59. The number of anilines is 2. The Balaban J connectivity index is 1.41. The highest BCUT2D eigenvalue weighted by Crippen LogP contribution is 2.32. The zero-order valence-corrected chi connectivity index (χ0v) is 17.8. The van der Waals surface area contributed by atoms with Crippen LogP contribution >= 0.6 is 12.2 Å². The first-order chi connectivity index (χ1) is 14.4. The van der Waals surface area contributed by atoms with Gasteiger partial charge < -0.3 is 21.7 Å². The maximum Gasteiger partial charge on any atom is 0.255 e. The van der Waals surface area contributed by atoms with E-state index in [0.29, 0.717) is 22.1 Å². The molecule has 0 radical (unpaired) electrons. The van der Waals surface area contributed by atoms with Gasteiger partial charge in [0, 0.05) is 5.56 Å². The Hall–Kier alpha value is -3.12. The lowest BCUT2D eigenvalue weighted by Crippen LogP contribution is -2.49. The van der Waals surface area contributed by atoms with Crippen LogP contribution in [-0.4, -0.2) is 16.6 Å². The standard InChI is InChI=1S/C24H26N4OS/c1-24(13-5-2-6-14-24)28-23(30)27-20-12-10-16-15-17(9-11-18(16)20)22(29)26-21-8-4-3-7-19(21)25/h2-9,11,13,15,20H,10,12,14,25H2,1H3,(H,26,29)(H2,27,28,30). The number of fused-ring (bicyclic) bond motifs is 1. The van der Waals surface area contributed by atoms with Crippen LogP contribution in [0.4, 0.5) is 11.4 Å². The predicted octanol–water partition coefficient (Wildman–Crippen LogP) is 4.25. The highest BCUT2D eigenvalue weighted by atomic mass is 32.1. The molecular weight excluding hydrogens is 392 g/mol. The van der Waals surface area contributed by atoms with Crippen molar-refractivity contribution >= 4 is 34.6 Å². The molecule has 154 valence electrons. The van der Waals surface area contributed by atoms with Gasteiger partial charge >= 0.3 is 0 Å². The predicted molar refractivity (Wildman–Crippen MR) is 126 cm³/mol. The number of hydrogen-bond donors (Lipinski definition) is 4. The summed E-state index contributed by atoms with van der Waals surface area (Å²) >= 11 is 5.57. The van der Waals surface area contributed by atoms with Crippen molar-refractivity contribution in [1.82, 2.24) is 10.6 Å². The minimum absolute atomic E-state index is 0.147. The number of para-hydroxylation sites is 2. The summed E-state index contributed by atoms with van der Waals surface area (Å²) in [6.45, 7) is 2.13. The van der Waals surface area contributed by atoms with Gasteiger partial charge in [0.25, 0.3) is 5.91 Å². The van der Waals surface area contributed by atoms with Gasteiger partial charge in [0.2, 0.25) is 0 Å². The van der Waals surface area contributed by atoms with E-state index >= 15 is 0 Å². The first kappa shape index (κ1) is 20.2. The second-order valence-electron chi connectivity index (χ2n) is 8.05. The molecule has 0 aromatic heterocycles. The summed E-state index contributed by atoms with van der Waals surface area (Å²) in [7, 11) is 0. The highest BCUT2D eigenvalue weighted by molar-refractivity contribution is 7.80. The van der Waals surface area contributed by atoms with Gasteiger partial charge in [-0.2, -0.15) is 0 Å². The third-order valence-electron chi connectivity index (χ3n) is 5.65. The van der Waals surface area contributed by atoms with E-state index in [1.165, 1.54) is 11.1 Å². The summed E-state index contributed by atoms with van der Waals surface area (Å²) in [6, 6.07) is 13.3. The Morgan fingerprint density at radius 3 is 2.80 bits per heavy atom. The van der Waals surface area contributed by atoms with E-state index in [9.17, 15) is 4.79 Å². The number of nitrogens with two attached hydrogens (primary N) is 1. The lowest BCUT2D eigenvalue weighted by atomic mass is 9.94. The van der Waals surface area contributed by atoms with Crippen molar-refractivity contribution in [3.8, 4) is 0 Å². The number of carbonyl (C=O) groups excluding carboxylic acids is 1. The summed E-state index contributed by atoms with van der Waals surface area (Å²) in [5.74, 6) is -0.158. The Bertz CT molecular complexity index is 1050. The first-order valence-electron chi connectivity index (χ1n) is 10.2. The molecule has 4 rings (SSSR count). The van der Waals surface area contributed by atoms with Crippen LogP contribution in [0.15, 0.2) is 66.8 Å². The summed E-state index contributed by atoms with van der Waals surface area (Å²) in [6.07, 6.45) is 11.1. The summed E-state index contributed by atoms with van der Waals surface area (Å²) in [5.41, 5.74) is 9.94. The molecule has 0 bridgehead atoms. The minimum atomic E-state index is -0.165. The van der Waals surface area contributed by atoms with Crippen LogP contribution in [0.25, 0.3) is 0 Å². The quantitative estimate of drug-likeness (QED) is 0.441. The van der Waals surface area contributed by atoms with Crippen molar-refractivity contribution < 1.29 is 4.79 Å². The van der Waals surface area contributed by atoms with Crippen molar-refractivity contribution in [2.75, 3.05) is 11.1 Å². The monoisotopic (exact) mass is 418 g/mol. The minimum Gasteiger partial charge on any atom is -0.397 e. The second-order valence-corrected chi connectivity index (χ2v) is 8.46. The normalized spacial score (nSPS) is 21.7. The first-order valence-corrected chi connectivity index (χ1v) is 10.6. The molecule has 2 atom stereocenters. The van der Waals surface area contributed by atoms with Crippen LogP contribution in [0.3, 0.4) is 0 Å². The molecule has 0 aliphatic heterocycles. The number of benzene rings is 2. The average molecular weight is 419 g/mol. The largest absolute Gasteiger partial charge is 0.397 e. The van der Waals surface area contributed by atoms with Gasteiger partial charge in [-0.25, -0.2) is 0 Å². The molecule has 5 nitrogen and oxygen atoms in total. The lowest BCUT2D eigenvalue weighted by Gasteiger charge is -2.30. The maximum atomic E-state index is 12.7. The van der Waals surface area contributed by atoms with E-state index in [1.54, 1.807) is 12.1 Å². The number of nitrogens with one attached hydrogen (secondary N) is 3. The number of hydrogen-bond acceptors (Lipinski definition) is 3. The Morgan fingerprint density at radius 2 is 2.03 bits per heavy atom. The topological polar surface area (TPSA) is 79.2 Å². The van der Waals surface area contributed by atoms with Crippen LogP contribution < -0.4 is 21.7 Å². The van der Waals surface area contributed by atoms with Gasteiger partial charge in [0.1, 0.15) is 0 Å². The van der Waals surface area contributed by atoms with E-state index in [1.807, 2.05) is 42.5 Å². The van der Waals surface area contributed by atoms with Crippen LogP contribution in [-0.2, 0) is 6.42 Å². The fourth-order valence-corrected chi connectivity index (χ4v) is 4.36. The Morgan fingerprint density at radius 1 is 1.20 bits per heavy atom. The average Bonchev–Trinajstić information content (AvgIpc) is 3.11. The van der Waals surface area contributed by atoms with Crippen molar-refractivity contribution in [2.45, 2.75) is 37.8 Å². The van der Waals surface area contributed by atoms with Gasteiger partial charge in [-0.15, -0.1) is 0 Å². The van der Waals surface area contributed by atoms with Crippen LogP contribution in [0.2, 0.25) is 0 Å². The number of allylic oxidation sites excluding steroid dienone is 2. The number of amides is 1. The van der Waals surface area contributed by atoms with Crippen LogP contribution in [0.1, 0.15) is 47.3 Å². The molecule has 6 heteroatoms. The Labute approximate surface area is 182 Å².